The maximum absolute atomic E-state index is 13.2. The Morgan fingerprint density at radius 2 is 1.94 bits per heavy atom. The highest BCUT2D eigenvalue weighted by atomic mass is 32.2. The van der Waals surface area contributed by atoms with Crippen molar-refractivity contribution < 1.29 is 14.3 Å². The quantitative estimate of drug-likeness (QED) is 0.416. The van der Waals surface area contributed by atoms with Gasteiger partial charge in [-0.25, -0.2) is 4.98 Å². The van der Waals surface area contributed by atoms with Gasteiger partial charge >= 0.3 is 0 Å². The van der Waals surface area contributed by atoms with Gasteiger partial charge in [-0.1, -0.05) is 23.1 Å². The van der Waals surface area contributed by atoms with E-state index in [2.05, 4.69) is 20.2 Å². The second-order valence-electron chi connectivity index (χ2n) is 8.20. The minimum Gasteiger partial charge on any atom is -0.486 e. The monoisotopic (exact) mass is 487 g/mol. The van der Waals surface area contributed by atoms with Gasteiger partial charge in [0.25, 0.3) is 5.56 Å². The van der Waals surface area contributed by atoms with Crippen LogP contribution >= 0.6 is 23.1 Å². The van der Waals surface area contributed by atoms with Gasteiger partial charge in [-0.2, -0.15) is 4.98 Å². The van der Waals surface area contributed by atoms with Crippen LogP contribution < -0.4 is 25.2 Å². The molecule has 0 atom stereocenters. The first-order valence-electron chi connectivity index (χ1n) is 11.0. The lowest BCUT2D eigenvalue weighted by atomic mass is 10.2. The van der Waals surface area contributed by atoms with Crippen LogP contribution in [0, 0.1) is 0 Å². The Kier molecular flexibility index (Phi) is 6.15. The third-order valence-corrected chi connectivity index (χ3v) is 7.52. The van der Waals surface area contributed by atoms with Crippen molar-refractivity contribution in [1.29, 1.82) is 0 Å². The van der Waals surface area contributed by atoms with Crippen LogP contribution in [0.1, 0.15) is 32.7 Å². The van der Waals surface area contributed by atoms with Crippen LogP contribution in [-0.4, -0.2) is 52.5 Å². The number of rotatable bonds is 6. The summed E-state index contributed by atoms with van der Waals surface area (Å²) in [6.45, 7) is 6.80. The van der Waals surface area contributed by atoms with Gasteiger partial charge in [0.2, 0.25) is 5.91 Å². The molecule has 0 saturated carbocycles. The number of nitrogens with zero attached hydrogens (tertiary/aromatic N) is 4. The first-order valence-corrected chi connectivity index (χ1v) is 12.8. The molecule has 2 aliphatic heterocycles. The number of ether oxygens (including phenoxy) is 2. The van der Waals surface area contributed by atoms with Crippen LogP contribution in [0.15, 0.2) is 28.2 Å². The summed E-state index contributed by atoms with van der Waals surface area (Å²) >= 11 is 2.64. The highest BCUT2D eigenvalue weighted by molar-refractivity contribution is 7.99. The van der Waals surface area contributed by atoms with Crippen molar-refractivity contribution in [2.75, 3.05) is 42.3 Å². The summed E-state index contributed by atoms with van der Waals surface area (Å²) in [6.07, 6.45) is 2.28. The lowest BCUT2D eigenvalue weighted by Crippen LogP contribution is -2.25. The fourth-order valence-electron chi connectivity index (χ4n) is 3.91. The molecule has 1 N–H and O–H groups in total. The summed E-state index contributed by atoms with van der Waals surface area (Å²) in [5.74, 6) is 1.20. The predicted molar refractivity (Wildman–Crippen MR) is 130 cm³/mol. The molecule has 4 heterocycles. The van der Waals surface area contributed by atoms with Crippen molar-refractivity contribution in [3.63, 3.8) is 0 Å². The van der Waals surface area contributed by atoms with Gasteiger partial charge in [-0.3, -0.25) is 14.2 Å². The van der Waals surface area contributed by atoms with E-state index >= 15 is 0 Å². The largest absolute Gasteiger partial charge is 0.486 e. The number of benzene rings is 1. The van der Waals surface area contributed by atoms with Crippen LogP contribution in [0.25, 0.3) is 10.3 Å². The maximum Gasteiger partial charge on any atom is 0.274 e. The molecule has 0 bridgehead atoms. The first-order chi connectivity index (χ1) is 16.0. The van der Waals surface area contributed by atoms with E-state index in [-0.39, 0.29) is 23.3 Å². The number of carbonyl (C=O) groups is 1. The standard InChI is InChI=1S/C22H25N5O4S2/c1-13(2)27-20(29)18-19(24-21(33-18)26-7-3-4-8-26)25-22(27)32-12-17(28)23-14-5-6-15-16(11-14)31-10-9-30-15/h5-6,11,13H,3-4,7-10,12H2,1-2H3,(H,23,28). The number of thioether (sulfide) groups is 1. The zero-order valence-corrected chi connectivity index (χ0v) is 20.1. The van der Waals surface area contributed by atoms with Crippen LogP contribution in [0.5, 0.6) is 11.5 Å². The van der Waals surface area contributed by atoms with E-state index in [1.807, 2.05) is 13.8 Å². The second kappa shape index (κ2) is 9.22. The minimum atomic E-state index is -0.197. The van der Waals surface area contributed by atoms with E-state index in [0.717, 1.165) is 31.1 Å². The average Bonchev–Trinajstić information content (AvgIpc) is 3.47. The molecule has 0 spiro atoms. The summed E-state index contributed by atoms with van der Waals surface area (Å²) in [5.41, 5.74) is 0.982. The van der Waals surface area contributed by atoms with E-state index < -0.39 is 0 Å². The number of nitrogens with one attached hydrogen (secondary N) is 1. The third-order valence-electron chi connectivity index (χ3n) is 5.47. The number of hydrogen-bond acceptors (Lipinski definition) is 9. The summed E-state index contributed by atoms with van der Waals surface area (Å²) in [6, 6.07) is 5.22. The molecule has 11 heteroatoms. The summed E-state index contributed by atoms with van der Waals surface area (Å²) in [4.78, 5) is 37.4. The predicted octanol–water partition coefficient (Wildman–Crippen LogP) is 3.54. The molecular formula is C22H25N5O4S2. The van der Waals surface area contributed by atoms with Crippen molar-refractivity contribution in [3.8, 4) is 11.5 Å². The van der Waals surface area contributed by atoms with Crippen molar-refractivity contribution in [2.24, 2.45) is 0 Å². The summed E-state index contributed by atoms with van der Waals surface area (Å²) < 4.78 is 13.3. The van der Waals surface area contributed by atoms with Crippen molar-refractivity contribution >= 4 is 50.2 Å². The number of anilines is 2. The fraction of sp³-hybridized carbons (Fsp3) is 0.455. The first kappa shape index (κ1) is 22.0. The van der Waals surface area contributed by atoms with Crippen LogP contribution in [-0.2, 0) is 4.79 Å². The molecule has 2 aliphatic rings. The number of thiazole rings is 1. The molecule has 9 nitrogen and oxygen atoms in total. The smallest absolute Gasteiger partial charge is 0.274 e. The van der Waals surface area contributed by atoms with Crippen LogP contribution in [0.3, 0.4) is 0 Å². The normalized spacial score (nSPS) is 15.4. The Bertz CT molecular complexity index is 1250. The van der Waals surface area contributed by atoms with Gasteiger partial charge in [0, 0.05) is 30.9 Å². The molecule has 5 rings (SSSR count). The topological polar surface area (TPSA) is 98.6 Å². The SMILES string of the molecule is CC(C)n1c(SCC(=O)Nc2ccc3c(c2)OCCO3)nc2nc(N3CCCC3)sc2c1=O. The number of hydrogen-bond donors (Lipinski definition) is 1. The van der Waals surface area contributed by atoms with Crippen molar-refractivity contribution in [1.82, 2.24) is 14.5 Å². The molecule has 1 aromatic carbocycles. The number of fused-ring (bicyclic) bond motifs is 2. The van der Waals surface area contributed by atoms with Crippen LogP contribution in [0.4, 0.5) is 10.8 Å². The molecule has 0 radical (unpaired) electrons. The third kappa shape index (κ3) is 4.51. The molecule has 3 aromatic rings. The fourth-order valence-corrected chi connectivity index (χ4v) is 5.82. The van der Waals surface area contributed by atoms with Crippen LogP contribution in [0.2, 0.25) is 0 Å². The van der Waals surface area contributed by atoms with Gasteiger partial charge in [0.1, 0.15) is 17.9 Å². The highest BCUT2D eigenvalue weighted by Crippen LogP contribution is 2.33. The number of aromatic nitrogens is 3. The molecule has 1 saturated heterocycles. The Morgan fingerprint density at radius 1 is 1.18 bits per heavy atom. The second-order valence-corrected chi connectivity index (χ2v) is 10.1. The van der Waals surface area contributed by atoms with Gasteiger partial charge in [0.05, 0.1) is 5.75 Å². The Hall–Kier alpha value is -2.79. The van der Waals surface area contributed by atoms with Gasteiger partial charge in [-0.15, -0.1) is 0 Å². The Balaban J connectivity index is 1.34. The lowest BCUT2D eigenvalue weighted by molar-refractivity contribution is -0.113. The summed E-state index contributed by atoms with van der Waals surface area (Å²) in [7, 11) is 0. The number of carbonyl (C=O) groups excluding carboxylic acids is 1. The lowest BCUT2D eigenvalue weighted by Gasteiger charge is -2.19. The molecule has 2 aromatic heterocycles. The van der Waals surface area contributed by atoms with Crippen molar-refractivity contribution in [3.05, 3.63) is 28.6 Å². The van der Waals surface area contributed by atoms with Gasteiger partial charge in [0.15, 0.2) is 27.4 Å². The molecule has 0 aliphatic carbocycles. The summed E-state index contributed by atoms with van der Waals surface area (Å²) in [5, 5.41) is 4.22. The molecular weight excluding hydrogens is 462 g/mol. The zero-order valence-electron chi connectivity index (χ0n) is 18.5. The molecule has 1 fully saturated rings. The van der Waals surface area contributed by atoms with E-state index in [9.17, 15) is 9.59 Å². The zero-order chi connectivity index (χ0) is 22.9. The van der Waals surface area contributed by atoms with Crippen molar-refractivity contribution in [2.45, 2.75) is 37.9 Å². The number of amides is 1. The minimum absolute atomic E-state index is 0.0879. The highest BCUT2D eigenvalue weighted by Gasteiger charge is 2.22. The average molecular weight is 488 g/mol. The molecule has 174 valence electrons. The Labute approximate surface area is 199 Å². The van der Waals surface area contributed by atoms with E-state index in [0.29, 0.717) is 45.9 Å². The van der Waals surface area contributed by atoms with Gasteiger partial charge in [-0.05, 0) is 38.8 Å². The van der Waals surface area contributed by atoms with E-state index in [1.54, 1.807) is 22.8 Å². The van der Waals surface area contributed by atoms with Gasteiger partial charge < -0.3 is 19.7 Å². The molecule has 0 unspecified atom stereocenters. The van der Waals surface area contributed by atoms with E-state index in [1.165, 1.54) is 23.1 Å². The molecule has 1 amide bonds. The maximum atomic E-state index is 13.2. The molecule has 33 heavy (non-hydrogen) atoms. The Morgan fingerprint density at radius 3 is 2.70 bits per heavy atom. The van der Waals surface area contributed by atoms with E-state index in [4.69, 9.17) is 9.47 Å².